The van der Waals surface area contributed by atoms with Gasteiger partial charge in [0.15, 0.2) is 0 Å². The molecule has 0 bridgehead atoms. The SMILES string of the molecule is C#CCN(C)C(=O)C1CSCCN1. The average molecular weight is 198 g/mol. The van der Waals surface area contributed by atoms with Gasteiger partial charge in [-0.05, 0) is 0 Å². The maximum absolute atomic E-state index is 11.6. The fraction of sp³-hybridized carbons (Fsp3) is 0.667. The Labute approximate surface area is 83.2 Å². The van der Waals surface area contributed by atoms with E-state index in [1.54, 1.807) is 23.7 Å². The van der Waals surface area contributed by atoms with Crippen LogP contribution >= 0.6 is 11.8 Å². The van der Waals surface area contributed by atoms with E-state index < -0.39 is 0 Å². The van der Waals surface area contributed by atoms with Crippen molar-refractivity contribution in [1.82, 2.24) is 10.2 Å². The van der Waals surface area contributed by atoms with Crippen LogP contribution in [0, 0.1) is 12.3 Å². The van der Waals surface area contributed by atoms with Crippen LogP contribution in [0.4, 0.5) is 0 Å². The Kier molecular flexibility index (Phi) is 4.13. The van der Waals surface area contributed by atoms with Gasteiger partial charge in [-0.2, -0.15) is 11.8 Å². The summed E-state index contributed by atoms with van der Waals surface area (Å²) in [6.07, 6.45) is 5.13. The molecule has 0 radical (unpaired) electrons. The first-order valence-electron chi connectivity index (χ1n) is 4.25. The van der Waals surface area contributed by atoms with Crippen LogP contribution in [-0.2, 0) is 4.79 Å². The molecule has 13 heavy (non-hydrogen) atoms. The molecule has 1 N–H and O–H groups in total. The van der Waals surface area contributed by atoms with Gasteiger partial charge in [0.25, 0.3) is 0 Å². The van der Waals surface area contributed by atoms with Crippen LogP contribution in [0.2, 0.25) is 0 Å². The normalized spacial score (nSPS) is 22.0. The Morgan fingerprint density at radius 3 is 3.15 bits per heavy atom. The van der Waals surface area contributed by atoms with Crippen LogP contribution in [0.1, 0.15) is 0 Å². The van der Waals surface area contributed by atoms with E-state index >= 15 is 0 Å². The smallest absolute Gasteiger partial charge is 0.241 e. The third-order valence-corrected chi connectivity index (χ3v) is 2.99. The van der Waals surface area contributed by atoms with Gasteiger partial charge in [0.2, 0.25) is 5.91 Å². The second-order valence-corrected chi connectivity index (χ2v) is 4.13. The first-order chi connectivity index (χ1) is 6.25. The molecular weight excluding hydrogens is 184 g/mol. The van der Waals surface area contributed by atoms with Gasteiger partial charge in [0.1, 0.15) is 0 Å². The van der Waals surface area contributed by atoms with E-state index in [9.17, 15) is 4.79 Å². The van der Waals surface area contributed by atoms with Gasteiger partial charge >= 0.3 is 0 Å². The third-order valence-electron chi connectivity index (χ3n) is 1.92. The summed E-state index contributed by atoms with van der Waals surface area (Å²) in [6.45, 7) is 1.30. The highest BCUT2D eigenvalue weighted by molar-refractivity contribution is 7.99. The molecule has 1 aliphatic heterocycles. The molecule has 1 rings (SSSR count). The van der Waals surface area contributed by atoms with E-state index in [0.29, 0.717) is 6.54 Å². The predicted octanol–water partition coefficient (Wildman–Crippen LogP) is -0.217. The molecule has 72 valence electrons. The number of carbonyl (C=O) groups excluding carboxylic acids is 1. The summed E-state index contributed by atoms with van der Waals surface area (Å²) in [4.78, 5) is 13.2. The van der Waals surface area contributed by atoms with Crippen molar-refractivity contribution in [3.05, 3.63) is 0 Å². The van der Waals surface area contributed by atoms with E-state index in [0.717, 1.165) is 18.1 Å². The standard InChI is InChI=1S/C9H14N2OS/c1-3-5-11(2)9(12)8-7-13-6-4-10-8/h1,8,10H,4-7H2,2H3. The molecule has 0 aromatic carbocycles. The van der Waals surface area contributed by atoms with Crippen LogP contribution in [0.5, 0.6) is 0 Å². The van der Waals surface area contributed by atoms with Gasteiger partial charge < -0.3 is 10.2 Å². The van der Waals surface area contributed by atoms with Gasteiger partial charge in [-0.1, -0.05) is 5.92 Å². The minimum atomic E-state index is -0.0444. The number of hydrogen-bond donors (Lipinski definition) is 1. The van der Waals surface area contributed by atoms with E-state index in [4.69, 9.17) is 6.42 Å². The zero-order chi connectivity index (χ0) is 9.68. The number of terminal acetylenes is 1. The number of hydrogen-bond acceptors (Lipinski definition) is 3. The maximum atomic E-state index is 11.6. The number of thioether (sulfide) groups is 1. The molecule has 0 aromatic heterocycles. The van der Waals surface area contributed by atoms with Crippen molar-refractivity contribution < 1.29 is 4.79 Å². The molecule has 1 fully saturated rings. The lowest BCUT2D eigenvalue weighted by Gasteiger charge is -2.26. The predicted molar refractivity (Wildman–Crippen MR) is 55.6 cm³/mol. The molecule has 0 saturated carbocycles. The van der Waals surface area contributed by atoms with Crippen LogP contribution < -0.4 is 5.32 Å². The Morgan fingerprint density at radius 1 is 1.85 bits per heavy atom. The summed E-state index contributed by atoms with van der Waals surface area (Å²) in [7, 11) is 1.74. The number of nitrogens with one attached hydrogen (secondary N) is 1. The lowest BCUT2D eigenvalue weighted by Crippen LogP contribution is -2.49. The first-order valence-corrected chi connectivity index (χ1v) is 5.40. The lowest BCUT2D eigenvalue weighted by molar-refractivity contribution is -0.131. The minimum absolute atomic E-state index is 0.0444. The molecule has 1 atom stereocenters. The highest BCUT2D eigenvalue weighted by Crippen LogP contribution is 2.09. The van der Waals surface area contributed by atoms with Crippen molar-refractivity contribution in [3.63, 3.8) is 0 Å². The van der Waals surface area contributed by atoms with Gasteiger partial charge in [-0.15, -0.1) is 6.42 Å². The maximum Gasteiger partial charge on any atom is 0.241 e. The number of rotatable bonds is 2. The highest BCUT2D eigenvalue weighted by Gasteiger charge is 2.23. The van der Waals surface area contributed by atoms with Gasteiger partial charge in [0.05, 0.1) is 12.6 Å². The minimum Gasteiger partial charge on any atom is -0.333 e. The van der Waals surface area contributed by atoms with Crippen molar-refractivity contribution >= 4 is 17.7 Å². The van der Waals surface area contributed by atoms with Crippen molar-refractivity contribution in [2.45, 2.75) is 6.04 Å². The van der Waals surface area contributed by atoms with E-state index in [2.05, 4.69) is 11.2 Å². The number of amides is 1. The third kappa shape index (κ3) is 2.94. The van der Waals surface area contributed by atoms with Gasteiger partial charge in [0, 0.05) is 25.1 Å². The number of nitrogens with zero attached hydrogens (tertiary/aromatic N) is 1. The molecule has 1 saturated heterocycles. The van der Waals surface area contributed by atoms with E-state index in [-0.39, 0.29) is 11.9 Å². The molecule has 3 nitrogen and oxygen atoms in total. The molecule has 1 unspecified atom stereocenters. The molecule has 0 spiro atoms. The zero-order valence-corrected chi connectivity index (χ0v) is 8.56. The molecular formula is C9H14N2OS. The number of carbonyl (C=O) groups is 1. The number of likely N-dealkylation sites (N-methyl/N-ethyl adjacent to an activating group) is 1. The molecule has 1 heterocycles. The molecule has 0 aromatic rings. The molecule has 1 aliphatic rings. The van der Waals surface area contributed by atoms with Gasteiger partial charge in [-0.25, -0.2) is 0 Å². The topological polar surface area (TPSA) is 32.3 Å². The molecule has 1 amide bonds. The van der Waals surface area contributed by atoms with Crippen molar-refractivity contribution in [3.8, 4) is 12.3 Å². The summed E-state index contributed by atoms with van der Waals surface area (Å²) in [5.41, 5.74) is 0. The fourth-order valence-electron chi connectivity index (χ4n) is 1.20. The first kappa shape index (κ1) is 10.4. The second kappa shape index (κ2) is 5.15. The quantitative estimate of drug-likeness (QED) is 0.623. The van der Waals surface area contributed by atoms with Crippen molar-refractivity contribution in [2.75, 3.05) is 31.6 Å². The fourth-order valence-corrected chi connectivity index (χ4v) is 2.13. The highest BCUT2D eigenvalue weighted by atomic mass is 32.2. The monoisotopic (exact) mass is 198 g/mol. The van der Waals surface area contributed by atoms with Crippen LogP contribution in [0.3, 0.4) is 0 Å². The summed E-state index contributed by atoms with van der Waals surface area (Å²) in [5, 5.41) is 3.18. The van der Waals surface area contributed by atoms with Gasteiger partial charge in [-0.3, -0.25) is 4.79 Å². The zero-order valence-electron chi connectivity index (χ0n) is 7.75. The van der Waals surface area contributed by atoms with E-state index in [1.807, 2.05) is 0 Å². The Bertz CT molecular complexity index is 218. The Hall–Kier alpha value is -0.660. The molecule has 4 heteroatoms. The molecule has 0 aliphatic carbocycles. The second-order valence-electron chi connectivity index (χ2n) is 2.98. The van der Waals surface area contributed by atoms with Crippen LogP contribution in [0.15, 0.2) is 0 Å². The largest absolute Gasteiger partial charge is 0.333 e. The lowest BCUT2D eigenvalue weighted by atomic mass is 10.3. The average Bonchev–Trinajstić information content (AvgIpc) is 2.18. The van der Waals surface area contributed by atoms with Crippen molar-refractivity contribution in [1.29, 1.82) is 0 Å². The van der Waals surface area contributed by atoms with Crippen LogP contribution in [0.25, 0.3) is 0 Å². The van der Waals surface area contributed by atoms with Crippen molar-refractivity contribution in [2.24, 2.45) is 0 Å². The van der Waals surface area contributed by atoms with Crippen LogP contribution in [-0.4, -0.2) is 48.5 Å². The summed E-state index contributed by atoms with van der Waals surface area (Å²) >= 11 is 1.81. The summed E-state index contributed by atoms with van der Waals surface area (Å²) in [6, 6.07) is -0.0444. The summed E-state index contributed by atoms with van der Waals surface area (Å²) in [5.74, 6) is 4.50. The summed E-state index contributed by atoms with van der Waals surface area (Å²) < 4.78 is 0. The Morgan fingerprint density at radius 2 is 2.62 bits per heavy atom. The van der Waals surface area contributed by atoms with E-state index in [1.165, 1.54) is 0 Å². The Balaban J connectivity index is 2.41.